The number of hydrogen-bond acceptors (Lipinski definition) is 5. The molecule has 1 saturated heterocycles. The van der Waals surface area contributed by atoms with Gasteiger partial charge in [-0.1, -0.05) is 18.5 Å². The Morgan fingerprint density at radius 1 is 1.50 bits per heavy atom. The lowest BCUT2D eigenvalue weighted by atomic mass is 9.97. The van der Waals surface area contributed by atoms with Crippen LogP contribution in [-0.4, -0.2) is 29.4 Å². The molecule has 2 unspecified atom stereocenters. The molecule has 2 rings (SSSR count). The van der Waals surface area contributed by atoms with Crippen LogP contribution >= 0.6 is 0 Å². The Morgan fingerprint density at radius 2 is 2.38 bits per heavy atom. The predicted molar refractivity (Wildman–Crippen MR) is 59.1 cm³/mol. The van der Waals surface area contributed by atoms with Gasteiger partial charge in [-0.2, -0.15) is 4.98 Å². The van der Waals surface area contributed by atoms with E-state index in [1.807, 2.05) is 0 Å². The molecule has 5 nitrogen and oxygen atoms in total. The molecule has 1 aromatic rings. The molecule has 1 fully saturated rings. The van der Waals surface area contributed by atoms with E-state index >= 15 is 0 Å². The van der Waals surface area contributed by atoms with Gasteiger partial charge >= 0.3 is 0 Å². The Morgan fingerprint density at radius 3 is 3.12 bits per heavy atom. The van der Waals surface area contributed by atoms with Gasteiger partial charge in [0.05, 0.1) is 12.5 Å². The molecule has 2 N–H and O–H groups in total. The average Bonchev–Trinajstić information content (AvgIpc) is 2.75. The summed E-state index contributed by atoms with van der Waals surface area (Å²) in [5, 5.41) is 3.97. The second-order valence-electron chi connectivity index (χ2n) is 4.29. The standard InChI is InChI=1S/C11H19N3O2/c1-2-3-4-10-13-11(16-14-10)8-7-15-6-5-9(8)12/h8-9H,2-7,12H2,1H3. The van der Waals surface area contributed by atoms with E-state index in [2.05, 4.69) is 17.1 Å². The molecule has 1 aromatic heterocycles. The first-order valence-corrected chi connectivity index (χ1v) is 5.97. The van der Waals surface area contributed by atoms with E-state index in [1.165, 1.54) is 0 Å². The molecule has 0 spiro atoms. The average molecular weight is 225 g/mol. The van der Waals surface area contributed by atoms with Gasteiger partial charge in [-0.15, -0.1) is 0 Å². The smallest absolute Gasteiger partial charge is 0.233 e. The second kappa shape index (κ2) is 5.41. The van der Waals surface area contributed by atoms with Crippen LogP contribution in [0.25, 0.3) is 0 Å². The minimum Gasteiger partial charge on any atom is -0.381 e. The molecular formula is C11H19N3O2. The molecule has 16 heavy (non-hydrogen) atoms. The minimum atomic E-state index is 0.0663. The van der Waals surface area contributed by atoms with E-state index in [0.717, 1.165) is 38.1 Å². The summed E-state index contributed by atoms with van der Waals surface area (Å²) >= 11 is 0. The van der Waals surface area contributed by atoms with Crippen molar-refractivity contribution in [2.45, 2.75) is 44.6 Å². The monoisotopic (exact) mass is 225 g/mol. The number of nitrogens with zero attached hydrogens (tertiary/aromatic N) is 2. The van der Waals surface area contributed by atoms with Crippen molar-refractivity contribution in [3.63, 3.8) is 0 Å². The van der Waals surface area contributed by atoms with Crippen LogP contribution in [0.2, 0.25) is 0 Å². The third-order valence-corrected chi connectivity index (χ3v) is 2.96. The fourth-order valence-electron chi connectivity index (χ4n) is 1.86. The van der Waals surface area contributed by atoms with Crippen molar-refractivity contribution < 1.29 is 9.26 Å². The van der Waals surface area contributed by atoms with Crippen LogP contribution in [0.1, 0.15) is 43.8 Å². The summed E-state index contributed by atoms with van der Waals surface area (Å²) in [5.41, 5.74) is 6.01. The number of nitrogens with two attached hydrogens (primary N) is 1. The maximum atomic E-state index is 6.01. The Bertz CT molecular complexity index is 327. The van der Waals surface area contributed by atoms with Crippen molar-refractivity contribution in [2.75, 3.05) is 13.2 Å². The summed E-state index contributed by atoms with van der Waals surface area (Å²) < 4.78 is 10.6. The van der Waals surface area contributed by atoms with E-state index in [4.69, 9.17) is 15.0 Å². The van der Waals surface area contributed by atoms with Crippen LogP contribution in [0.5, 0.6) is 0 Å². The number of unbranched alkanes of at least 4 members (excludes halogenated alkanes) is 1. The van der Waals surface area contributed by atoms with E-state index in [1.54, 1.807) is 0 Å². The Balaban J connectivity index is 1.99. The summed E-state index contributed by atoms with van der Waals surface area (Å²) in [7, 11) is 0. The fraction of sp³-hybridized carbons (Fsp3) is 0.818. The highest BCUT2D eigenvalue weighted by atomic mass is 16.5. The fourth-order valence-corrected chi connectivity index (χ4v) is 1.86. The molecule has 90 valence electrons. The second-order valence-corrected chi connectivity index (χ2v) is 4.29. The molecule has 5 heteroatoms. The SMILES string of the molecule is CCCCc1noc(C2COCCC2N)n1. The van der Waals surface area contributed by atoms with E-state index in [-0.39, 0.29) is 12.0 Å². The molecule has 1 aliphatic rings. The third-order valence-electron chi connectivity index (χ3n) is 2.96. The van der Waals surface area contributed by atoms with Gasteiger partial charge < -0.3 is 15.0 Å². The number of hydrogen-bond donors (Lipinski definition) is 1. The molecule has 0 aliphatic carbocycles. The van der Waals surface area contributed by atoms with Crippen LogP contribution < -0.4 is 5.73 Å². The number of ether oxygens (including phenoxy) is 1. The zero-order chi connectivity index (χ0) is 11.4. The summed E-state index contributed by atoms with van der Waals surface area (Å²) in [6.07, 6.45) is 3.96. The molecule has 0 radical (unpaired) electrons. The van der Waals surface area contributed by atoms with Crippen LogP contribution in [-0.2, 0) is 11.2 Å². The summed E-state index contributed by atoms with van der Waals surface area (Å²) in [6, 6.07) is 0.0771. The molecule has 0 bridgehead atoms. The highest BCUT2D eigenvalue weighted by molar-refractivity contribution is 5.00. The molecule has 1 aliphatic heterocycles. The van der Waals surface area contributed by atoms with Crippen molar-refractivity contribution in [3.8, 4) is 0 Å². The molecule has 0 amide bonds. The van der Waals surface area contributed by atoms with Crippen LogP contribution in [0.4, 0.5) is 0 Å². The van der Waals surface area contributed by atoms with Gasteiger partial charge in [-0.3, -0.25) is 0 Å². The Kier molecular flexibility index (Phi) is 3.90. The number of aromatic nitrogens is 2. The first-order chi connectivity index (χ1) is 7.81. The molecule has 0 saturated carbocycles. The van der Waals surface area contributed by atoms with Crippen molar-refractivity contribution in [3.05, 3.63) is 11.7 Å². The maximum Gasteiger partial charge on any atom is 0.233 e. The first kappa shape index (κ1) is 11.5. The van der Waals surface area contributed by atoms with Crippen molar-refractivity contribution >= 4 is 0 Å². The van der Waals surface area contributed by atoms with E-state index in [0.29, 0.717) is 12.5 Å². The summed E-state index contributed by atoms with van der Waals surface area (Å²) in [5.74, 6) is 1.49. The summed E-state index contributed by atoms with van der Waals surface area (Å²) in [6.45, 7) is 3.47. The molecular weight excluding hydrogens is 206 g/mol. The lowest BCUT2D eigenvalue weighted by Gasteiger charge is -2.25. The predicted octanol–water partition coefficient (Wildman–Crippen LogP) is 1.24. The molecule has 2 atom stereocenters. The van der Waals surface area contributed by atoms with Gasteiger partial charge in [0.25, 0.3) is 0 Å². The number of aryl methyl sites for hydroxylation is 1. The zero-order valence-electron chi connectivity index (χ0n) is 9.69. The molecule has 2 heterocycles. The van der Waals surface area contributed by atoms with Gasteiger partial charge in [0, 0.05) is 19.1 Å². The van der Waals surface area contributed by atoms with Gasteiger partial charge in [0.1, 0.15) is 0 Å². The van der Waals surface area contributed by atoms with Crippen molar-refractivity contribution in [1.29, 1.82) is 0 Å². The third kappa shape index (κ3) is 2.59. The van der Waals surface area contributed by atoms with Gasteiger partial charge in [-0.25, -0.2) is 0 Å². The number of rotatable bonds is 4. The Labute approximate surface area is 95.3 Å². The van der Waals surface area contributed by atoms with Crippen molar-refractivity contribution in [2.24, 2.45) is 5.73 Å². The van der Waals surface area contributed by atoms with Crippen LogP contribution in [0.3, 0.4) is 0 Å². The Hall–Kier alpha value is -0.940. The van der Waals surface area contributed by atoms with Gasteiger partial charge in [0.2, 0.25) is 5.89 Å². The normalized spacial score (nSPS) is 25.9. The summed E-state index contributed by atoms with van der Waals surface area (Å²) in [4.78, 5) is 4.38. The van der Waals surface area contributed by atoms with E-state index in [9.17, 15) is 0 Å². The zero-order valence-corrected chi connectivity index (χ0v) is 9.69. The molecule has 0 aromatic carbocycles. The van der Waals surface area contributed by atoms with Crippen molar-refractivity contribution in [1.82, 2.24) is 10.1 Å². The van der Waals surface area contributed by atoms with E-state index < -0.39 is 0 Å². The van der Waals surface area contributed by atoms with Crippen LogP contribution in [0.15, 0.2) is 4.52 Å². The van der Waals surface area contributed by atoms with Crippen LogP contribution in [0, 0.1) is 0 Å². The lowest BCUT2D eigenvalue weighted by Crippen LogP contribution is -2.37. The quantitative estimate of drug-likeness (QED) is 0.834. The van der Waals surface area contributed by atoms with Gasteiger partial charge in [0.15, 0.2) is 5.82 Å². The largest absolute Gasteiger partial charge is 0.381 e. The van der Waals surface area contributed by atoms with Gasteiger partial charge in [-0.05, 0) is 12.8 Å². The lowest BCUT2D eigenvalue weighted by molar-refractivity contribution is 0.0590. The highest BCUT2D eigenvalue weighted by Gasteiger charge is 2.28. The maximum absolute atomic E-state index is 6.01. The first-order valence-electron chi connectivity index (χ1n) is 5.97. The minimum absolute atomic E-state index is 0.0663. The topological polar surface area (TPSA) is 74.2 Å². The highest BCUT2D eigenvalue weighted by Crippen LogP contribution is 2.23.